The molecule has 0 aliphatic carbocycles. The summed E-state index contributed by atoms with van der Waals surface area (Å²) in [4.78, 5) is 15.2. The number of rotatable bonds is 1. The average molecular weight is 212 g/mol. The summed E-state index contributed by atoms with van der Waals surface area (Å²) >= 11 is 7.18. The molecule has 0 saturated heterocycles. The van der Waals surface area contributed by atoms with Gasteiger partial charge in [-0.1, -0.05) is 11.6 Å². The van der Waals surface area contributed by atoms with Crippen molar-refractivity contribution in [3.63, 3.8) is 0 Å². The van der Waals surface area contributed by atoms with Gasteiger partial charge in [0.25, 0.3) is 0 Å². The standard InChI is InChI=1S/C9H6ClNOS/c1-5(12)9-11-7-4-6(10)2-3-8(7)13-9/h2-4H,1H3. The molecule has 2 aromatic rings. The zero-order chi connectivity index (χ0) is 9.42. The molecule has 0 amide bonds. The van der Waals surface area contributed by atoms with Crippen molar-refractivity contribution in [2.24, 2.45) is 0 Å². The molecule has 0 radical (unpaired) electrons. The quantitative estimate of drug-likeness (QED) is 0.679. The summed E-state index contributed by atoms with van der Waals surface area (Å²) in [6.07, 6.45) is 0. The minimum absolute atomic E-state index is 0.00248. The molecule has 0 aliphatic rings. The maximum absolute atomic E-state index is 11.0. The summed E-state index contributed by atoms with van der Waals surface area (Å²) in [6, 6.07) is 5.44. The largest absolute Gasteiger partial charge is 0.292 e. The molecule has 0 N–H and O–H groups in total. The smallest absolute Gasteiger partial charge is 0.188 e. The van der Waals surface area contributed by atoms with Gasteiger partial charge in [0.1, 0.15) is 0 Å². The van der Waals surface area contributed by atoms with Crippen LogP contribution in [0.15, 0.2) is 18.2 Å². The van der Waals surface area contributed by atoms with E-state index in [1.165, 1.54) is 18.3 Å². The number of hydrogen-bond acceptors (Lipinski definition) is 3. The van der Waals surface area contributed by atoms with Crippen LogP contribution in [0.1, 0.15) is 16.7 Å². The predicted molar refractivity (Wildman–Crippen MR) is 54.6 cm³/mol. The minimum atomic E-state index is -0.00248. The van der Waals surface area contributed by atoms with Gasteiger partial charge in [-0.25, -0.2) is 4.98 Å². The van der Waals surface area contributed by atoms with Crippen molar-refractivity contribution in [3.05, 3.63) is 28.2 Å². The van der Waals surface area contributed by atoms with E-state index >= 15 is 0 Å². The number of nitrogens with zero attached hydrogens (tertiary/aromatic N) is 1. The summed E-state index contributed by atoms with van der Waals surface area (Å²) in [5.74, 6) is -0.00248. The number of aromatic nitrogens is 1. The molecule has 13 heavy (non-hydrogen) atoms. The summed E-state index contributed by atoms with van der Waals surface area (Å²) in [5.41, 5.74) is 0.794. The number of benzene rings is 1. The maximum Gasteiger partial charge on any atom is 0.188 e. The second-order valence-corrected chi connectivity index (χ2v) is 4.15. The van der Waals surface area contributed by atoms with E-state index in [-0.39, 0.29) is 5.78 Å². The first kappa shape index (κ1) is 8.66. The van der Waals surface area contributed by atoms with Gasteiger partial charge in [-0.3, -0.25) is 4.79 Å². The van der Waals surface area contributed by atoms with E-state index in [0.717, 1.165) is 10.2 Å². The van der Waals surface area contributed by atoms with E-state index in [2.05, 4.69) is 4.98 Å². The molecule has 0 saturated carbocycles. The van der Waals surface area contributed by atoms with E-state index in [9.17, 15) is 4.79 Å². The highest BCUT2D eigenvalue weighted by Crippen LogP contribution is 2.24. The monoisotopic (exact) mass is 211 g/mol. The van der Waals surface area contributed by atoms with Gasteiger partial charge >= 0.3 is 0 Å². The Morgan fingerprint density at radius 3 is 3.00 bits per heavy atom. The molecule has 2 rings (SSSR count). The zero-order valence-corrected chi connectivity index (χ0v) is 8.45. The third-order valence-corrected chi connectivity index (χ3v) is 3.02. The SMILES string of the molecule is CC(=O)c1nc2cc(Cl)ccc2s1. The Morgan fingerprint density at radius 1 is 1.54 bits per heavy atom. The summed E-state index contributed by atoms with van der Waals surface area (Å²) in [6.45, 7) is 1.51. The minimum Gasteiger partial charge on any atom is -0.292 e. The molecule has 4 heteroatoms. The van der Waals surface area contributed by atoms with Crippen molar-refractivity contribution < 1.29 is 4.79 Å². The van der Waals surface area contributed by atoms with E-state index < -0.39 is 0 Å². The number of carbonyl (C=O) groups is 1. The topological polar surface area (TPSA) is 30.0 Å². The number of ketones is 1. The first-order valence-electron chi connectivity index (χ1n) is 3.74. The molecule has 0 atom stereocenters. The Morgan fingerprint density at radius 2 is 2.31 bits per heavy atom. The Bertz CT molecular complexity index is 477. The van der Waals surface area contributed by atoms with E-state index in [4.69, 9.17) is 11.6 Å². The molecular weight excluding hydrogens is 206 g/mol. The lowest BCUT2D eigenvalue weighted by atomic mass is 10.3. The first-order valence-corrected chi connectivity index (χ1v) is 4.93. The lowest BCUT2D eigenvalue weighted by Gasteiger charge is -1.86. The van der Waals surface area contributed by atoms with Crippen LogP contribution >= 0.6 is 22.9 Å². The third-order valence-electron chi connectivity index (χ3n) is 1.65. The highest BCUT2D eigenvalue weighted by Gasteiger charge is 2.07. The lowest BCUT2D eigenvalue weighted by Crippen LogP contribution is -1.88. The van der Waals surface area contributed by atoms with E-state index in [1.54, 1.807) is 12.1 Å². The van der Waals surface area contributed by atoms with Crippen molar-refractivity contribution in [1.29, 1.82) is 0 Å². The van der Waals surface area contributed by atoms with E-state index in [1.807, 2.05) is 6.07 Å². The van der Waals surface area contributed by atoms with Gasteiger partial charge in [0, 0.05) is 11.9 Å². The summed E-state index contributed by atoms with van der Waals surface area (Å²) in [7, 11) is 0. The maximum atomic E-state index is 11.0. The second kappa shape index (κ2) is 3.09. The van der Waals surface area contributed by atoms with Crippen LogP contribution in [0.2, 0.25) is 5.02 Å². The number of thiazole rings is 1. The van der Waals surface area contributed by atoms with Gasteiger partial charge in [0.15, 0.2) is 10.8 Å². The fourth-order valence-electron chi connectivity index (χ4n) is 1.05. The van der Waals surface area contributed by atoms with Crippen molar-refractivity contribution in [2.45, 2.75) is 6.92 Å². The lowest BCUT2D eigenvalue weighted by molar-refractivity contribution is 0.101. The fourth-order valence-corrected chi connectivity index (χ4v) is 2.06. The Hall–Kier alpha value is -0.930. The number of carbonyl (C=O) groups excluding carboxylic acids is 1. The molecular formula is C9H6ClNOS. The number of Topliss-reactive ketones (excluding diaryl/α,β-unsaturated/α-hetero) is 1. The molecule has 2 nitrogen and oxygen atoms in total. The normalized spacial score (nSPS) is 10.6. The van der Waals surface area contributed by atoms with Gasteiger partial charge in [-0.15, -0.1) is 11.3 Å². The zero-order valence-electron chi connectivity index (χ0n) is 6.87. The fraction of sp³-hybridized carbons (Fsp3) is 0.111. The van der Waals surface area contributed by atoms with Crippen molar-refractivity contribution >= 4 is 38.9 Å². The van der Waals surface area contributed by atoms with Gasteiger partial charge in [0.2, 0.25) is 0 Å². The predicted octanol–water partition coefficient (Wildman–Crippen LogP) is 3.15. The molecule has 0 unspecified atom stereocenters. The number of halogens is 1. The molecule has 1 aromatic carbocycles. The number of hydrogen-bond donors (Lipinski definition) is 0. The van der Waals surface area contributed by atoms with Crippen LogP contribution in [0.4, 0.5) is 0 Å². The van der Waals surface area contributed by atoms with Gasteiger partial charge in [0.05, 0.1) is 10.2 Å². The molecule has 0 aliphatic heterocycles. The van der Waals surface area contributed by atoms with Crippen LogP contribution in [0.25, 0.3) is 10.2 Å². The Labute approximate surface area is 84.2 Å². The molecule has 0 fully saturated rings. The second-order valence-electron chi connectivity index (χ2n) is 2.69. The van der Waals surface area contributed by atoms with Crippen molar-refractivity contribution in [2.75, 3.05) is 0 Å². The molecule has 0 spiro atoms. The highest BCUT2D eigenvalue weighted by molar-refractivity contribution is 7.20. The van der Waals surface area contributed by atoms with E-state index in [0.29, 0.717) is 10.0 Å². The first-order chi connectivity index (χ1) is 6.16. The van der Waals surface area contributed by atoms with Crippen LogP contribution in [0.5, 0.6) is 0 Å². The molecule has 0 bridgehead atoms. The number of fused-ring (bicyclic) bond motifs is 1. The highest BCUT2D eigenvalue weighted by atomic mass is 35.5. The van der Waals surface area contributed by atoms with Gasteiger partial charge in [-0.2, -0.15) is 0 Å². The third kappa shape index (κ3) is 1.57. The molecule has 1 aromatic heterocycles. The van der Waals surface area contributed by atoms with Crippen LogP contribution in [0, 0.1) is 0 Å². The van der Waals surface area contributed by atoms with Crippen LogP contribution in [-0.4, -0.2) is 10.8 Å². The van der Waals surface area contributed by atoms with Crippen LogP contribution in [0.3, 0.4) is 0 Å². The van der Waals surface area contributed by atoms with Crippen LogP contribution < -0.4 is 0 Å². The molecule has 1 heterocycles. The Balaban J connectivity index is 2.68. The van der Waals surface area contributed by atoms with Crippen molar-refractivity contribution in [3.8, 4) is 0 Å². The van der Waals surface area contributed by atoms with Crippen LogP contribution in [-0.2, 0) is 0 Å². The average Bonchev–Trinajstić information content (AvgIpc) is 2.46. The Kier molecular flexibility index (Phi) is 2.06. The van der Waals surface area contributed by atoms with Crippen molar-refractivity contribution in [1.82, 2.24) is 4.98 Å². The summed E-state index contributed by atoms with van der Waals surface area (Å²) in [5, 5.41) is 1.19. The van der Waals surface area contributed by atoms with Gasteiger partial charge < -0.3 is 0 Å². The summed E-state index contributed by atoms with van der Waals surface area (Å²) < 4.78 is 0.995. The van der Waals surface area contributed by atoms with Gasteiger partial charge in [-0.05, 0) is 18.2 Å². The molecule has 66 valence electrons.